The van der Waals surface area contributed by atoms with Gasteiger partial charge in [-0.1, -0.05) is 0 Å². The minimum Gasteiger partial charge on any atom is -0.466 e. The van der Waals surface area contributed by atoms with E-state index in [1.54, 1.807) is 11.8 Å². The highest BCUT2D eigenvalue weighted by Crippen LogP contribution is 2.19. The molecule has 0 bridgehead atoms. The molecule has 1 rings (SSSR count). The topological polar surface area (TPSA) is 84.9 Å². The van der Waals surface area contributed by atoms with Crippen molar-refractivity contribution in [3.05, 3.63) is 0 Å². The highest BCUT2D eigenvalue weighted by Gasteiger charge is 2.27. The van der Waals surface area contributed by atoms with Crippen molar-refractivity contribution < 1.29 is 23.9 Å². The van der Waals surface area contributed by atoms with Crippen molar-refractivity contribution in [3.63, 3.8) is 0 Å². The van der Waals surface area contributed by atoms with E-state index >= 15 is 0 Å². The van der Waals surface area contributed by atoms with E-state index in [0.717, 1.165) is 0 Å². The van der Waals surface area contributed by atoms with Crippen molar-refractivity contribution in [3.8, 4) is 0 Å². The van der Waals surface area contributed by atoms with E-state index in [1.165, 1.54) is 11.8 Å². The van der Waals surface area contributed by atoms with Gasteiger partial charge in [0, 0.05) is 25.4 Å². The van der Waals surface area contributed by atoms with Crippen LogP contribution in [0.1, 0.15) is 40.5 Å². The van der Waals surface area contributed by atoms with Gasteiger partial charge >= 0.3 is 12.1 Å². The van der Waals surface area contributed by atoms with Crippen LogP contribution in [-0.2, 0) is 19.1 Å². The summed E-state index contributed by atoms with van der Waals surface area (Å²) in [7, 11) is 0. The van der Waals surface area contributed by atoms with Crippen LogP contribution in [0.5, 0.6) is 0 Å². The second-order valence-corrected chi connectivity index (χ2v) is 7.99. The molecule has 0 atom stereocenters. The van der Waals surface area contributed by atoms with E-state index in [4.69, 9.17) is 9.47 Å². The number of nitrogens with zero attached hydrogens (tertiary/aromatic N) is 1. The summed E-state index contributed by atoms with van der Waals surface area (Å²) in [6, 6.07) is 0. The maximum absolute atomic E-state index is 12.2. The highest BCUT2D eigenvalue weighted by atomic mass is 32.2. The number of piperidine rings is 1. The number of carbonyl (C=O) groups excluding carboxylic acids is 3. The van der Waals surface area contributed by atoms with E-state index in [0.29, 0.717) is 50.6 Å². The molecular formula is C17H30N2O5S. The number of nitrogens with one attached hydrogen (secondary N) is 1. The summed E-state index contributed by atoms with van der Waals surface area (Å²) in [6.07, 6.45) is 0.880. The number of alkyl carbamates (subject to hydrolysis) is 1. The van der Waals surface area contributed by atoms with Crippen LogP contribution in [-0.4, -0.2) is 66.2 Å². The number of hydrogen-bond donors (Lipinski definition) is 1. The predicted molar refractivity (Wildman–Crippen MR) is 97.5 cm³/mol. The van der Waals surface area contributed by atoms with Gasteiger partial charge in [0.05, 0.1) is 18.3 Å². The molecule has 0 aromatic carbocycles. The molecule has 0 aliphatic carbocycles. The van der Waals surface area contributed by atoms with E-state index < -0.39 is 11.7 Å². The molecule has 1 heterocycles. The molecule has 0 unspecified atom stereocenters. The van der Waals surface area contributed by atoms with E-state index in [2.05, 4.69) is 5.32 Å². The average Bonchev–Trinajstić information content (AvgIpc) is 2.53. The minimum atomic E-state index is -0.511. The molecule has 0 saturated carbocycles. The Kier molecular flexibility index (Phi) is 9.10. The Morgan fingerprint density at radius 2 is 1.84 bits per heavy atom. The van der Waals surface area contributed by atoms with Gasteiger partial charge in [0.1, 0.15) is 5.60 Å². The molecule has 1 saturated heterocycles. The first-order valence-electron chi connectivity index (χ1n) is 8.72. The number of amides is 2. The largest absolute Gasteiger partial charge is 0.466 e. The molecular weight excluding hydrogens is 344 g/mol. The molecule has 144 valence electrons. The normalized spacial score (nSPS) is 15.6. The molecule has 1 fully saturated rings. The molecule has 25 heavy (non-hydrogen) atoms. The predicted octanol–water partition coefficient (Wildman–Crippen LogP) is 2.05. The molecule has 1 aliphatic heterocycles. The third-order valence-electron chi connectivity index (χ3n) is 3.61. The summed E-state index contributed by atoms with van der Waals surface area (Å²) >= 11 is 1.48. The second-order valence-electron chi connectivity index (χ2n) is 6.89. The lowest BCUT2D eigenvalue weighted by molar-refractivity contribution is -0.151. The number of carbonyl (C=O) groups is 3. The lowest BCUT2D eigenvalue weighted by Crippen LogP contribution is -2.41. The molecule has 0 radical (unpaired) electrons. The Balaban J connectivity index is 2.13. The average molecular weight is 375 g/mol. The van der Waals surface area contributed by atoms with Gasteiger partial charge in [-0.25, -0.2) is 4.79 Å². The minimum absolute atomic E-state index is 0.0737. The Bertz CT molecular complexity index is 456. The Hall–Kier alpha value is -1.44. The van der Waals surface area contributed by atoms with E-state index in [-0.39, 0.29) is 17.8 Å². The third kappa shape index (κ3) is 9.00. The first-order valence-corrected chi connectivity index (χ1v) is 9.87. The molecule has 8 heteroatoms. The lowest BCUT2D eigenvalue weighted by Gasteiger charge is -2.30. The number of hydrogen-bond acceptors (Lipinski definition) is 6. The SMILES string of the molecule is CCOC(=O)C1CCN(C(=O)CSCCNC(=O)OC(C)(C)C)CC1. The summed E-state index contributed by atoms with van der Waals surface area (Å²) in [6.45, 7) is 9.27. The van der Waals surface area contributed by atoms with Crippen LogP contribution in [0.25, 0.3) is 0 Å². The second kappa shape index (κ2) is 10.5. The van der Waals surface area contributed by atoms with Gasteiger partial charge in [-0.15, -0.1) is 0 Å². The van der Waals surface area contributed by atoms with Crippen LogP contribution in [0.2, 0.25) is 0 Å². The maximum Gasteiger partial charge on any atom is 0.407 e. The van der Waals surface area contributed by atoms with Gasteiger partial charge < -0.3 is 19.7 Å². The smallest absolute Gasteiger partial charge is 0.407 e. The zero-order chi connectivity index (χ0) is 18.9. The highest BCUT2D eigenvalue weighted by molar-refractivity contribution is 7.99. The van der Waals surface area contributed by atoms with Crippen LogP contribution >= 0.6 is 11.8 Å². The maximum atomic E-state index is 12.2. The first kappa shape index (κ1) is 21.6. The Labute approximate surface area is 154 Å². The molecule has 0 aromatic rings. The lowest BCUT2D eigenvalue weighted by atomic mass is 9.97. The number of esters is 1. The van der Waals surface area contributed by atoms with Crippen LogP contribution in [0, 0.1) is 5.92 Å². The van der Waals surface area contributed by atoms with E-state index in [9.17, 15) is 14.4 Å². The molecule has 2 amide bonds. The monoisotopic (exact) mass is 374 g/mol. The van der Waals surface area contributed by atoms with Gasteiger partial charge in [0.2, 0.25) is 5.91 Å². The van der Waals surface area contributed by atoms with Crippen molar-refractivity contribution in [1.82, 2.24) is 10.2 Å². The van der Waals surface area contributed by atoms with Crippen molar-refractivity contribution in [2.24, 2.45) is 5.92 Å². The van der Waals surface area contributed by atoms with Crippen LogP contribution in [0.3, 0.4) is 0 Å². The summed E-state index contributed by atoms with van der Waals surface area (Å²) in [5, 5.41) is 2.66. The fourth-order valence-electron chi connectivity index (χ4n) is 2.41. The fourth-order valence-corrected chi connectivity index (χ4v) is 3.16. The van der Waals surface area contributed by atoms with Gasteiger partial charge in [-0.2, -0.15) is 11.8 Å². The van der Waals surface area contributed by atoms with Crippen molar-refractivity contribution >= 4 is 29.7 Å². The first-order chi connectivity index (χ1) is 11.7. The zero-order valence-corrected chi connectivity index (χ0v) is 16.4. The molecule has 7 nitrogen and oxygen atoms in total. The summed E-state index contributed by atoms with van der Waals surface area (Å²) < 4.78 is 10.2. The summed E-state index contributed by atoms with van der Waals surface area (Å²) in [5.74, 6) is 0.848. The van der Waals surface area contributed by atoms with Crippen molar-refractivity contribution in [1.29, 1.82) is 0 Å². The standard InChI is InChI=1S/C17H30N2O5S/c1-5-23-15(21)13-6-9-19(10-7-13)14(20)12-25-11-8-18-16(22)24-17(2,3)4/h13H,5-12H2,1-4H3,(H,18,22). The van der Waals surface area contributed by atoms with Gasteiger partial charge in [0.25, 0.3) is 0 Å². The summed E-state index contributed by atoms with van der Waals surface area (Å²) in [4.78, 5) is 37.1. The van der Waals surface area contributed by atoms with Gasteiger partial charge in [0.15, 0.2) is 0 Å². The van der Waals surface area contributed by atoms with E-state index in [1.807, 2.05) is 20.8 Å². The Morgan fingerprint density at radius 3 is 2.40 bits per heavy atom. The molecule has 1 N–H and O–H groups in total. The summed E-state index contributed by atoms with van der Waals surface area (Å²) in [5.41, 5.74) is -0.511. The van der Waals surface area contributed by atoms with Gasteiger partial charge in [-0.3, -0.25) is 9.59 Å². The fraction of sp³-hybridized carbons (Fsp3) is 0.824. The Morgan fingerprint density at radius 1 is 1.20 bits per heavy atom. The third-order valence-corrected chi connectivity index (χ3v) is 4.55. The van der Waals surface area contributed by atoms with Crippen molar-refractivity contribution in [2.45, 2.75) is 46.1 Å². The molecule has 1 aliphatic rings. The van der Waals surface area contributed by atoms with Crippen LogP contribution in [0.4, 0.5) is 4.79 Å². The zero-order valence-electron chi connectivity index (χ0n) is 15.6. The molecule has 0 aromatic heterocycles. The number of rotatable bonds is 7. The number of thioether (sulfide) groups is 1. The number of likely N-dealkylation sites (tertiary alicyclic amines) is 1. The van der Waals surface area contributed by atoms with Crippen LogP contribution < -0.4 is 5.32 Å². The quantitative estimate of drug-likeness (QED) is 0.542. The van der Waals surface area contributed by atoms with Gasteiger partial charge in [-0.05, 0) is 40.5 Å². The van der Waals surface area contributed by atoms with Crippen LogP contribution in [0.15, 0.2) is 0 Å². The number of ether oxygens (including phenoxy) is 2. The van der Waals surface area contributed by atoms with Crippen molar-refractivity contribution in [2.75, 3.05) is 37.7 Å². The molecule has 0 spiro atoms.